The van der Waals surface area contributed by atoms with Gasteiger partial charge < -0.3 is 10.4 Å². The second kappa shape index (κ2) is 7.35. The molecule has 0 aromatic heterocycles. The molecule has 0 spiro atoms. The monoisotopic (exact) mass is 321 g/mol. The van der Waals surface area contributed by atoms with Crippen molar-refractivity contribution in [2.75, 3.05) is 11.9 Å². The molecule has 21 heavy (non-hydrogen) atoms. The Bertz CT molecular complexity index is 590. The molecule has 0 aliphatic carbocycles. The fraction of sp³-hybridized carbons (Fsp3) is 0.462. The zero-order valence-electron chi connectivity index (χ0n) is 11.4. The van der Waals surface area contributed by atoms with Crippen molar-refractivity contribution in [1.82, 2.24) is 0 Å². The van der Waals surface area contributed by atoms with Crippen LogP contribution in [0.1, 0.15) is 19.8 Å². The van der Waals surface area contributed by atoms with Crippen LogP contribution >= 0.6 is 0 Å². The van der Waals surface area contributed by atoms with Gasteiger partial charge in [0.25, 0.3) is 0 Å². The second-order valence-electron chi connectivity index (χ2n) is 4.72. The highest BCUT2D eigenvalue weighted by Crippen LogP contribution is 2.26. The van der Waals surface area contributed by atoms with Gasteiger partial charge in [0.05, 0.1) is 10.6 Å². The SMILES string of the molecule is CC(CCC(=O)O)CNc1ccccc1S(=O)(=O)C(F)F. The maximum Gasteiger partial charge on any atom is 0.341 e. The van der Waals surface area contributed by atoms with E-state index >= 15 is 0 Å². The number of nitrogens with one attached hydrogen (secondary N) is 1. The third kappa shape index (κ3) is 4.96. The second-order valence-corrected chi connectivity index (χ2v) is 6.61. The number of carboxylic acids is 1. The average molecular weight is 321 g/mol. The summed E-state index contributed by atoms with van der Waals surface area (Å²) in [6.45, 7) is 2.09. The lowest BCUT2D eigenvalue weighted by Gasteiger charge is -2.15. The Labute approximate surface area is 121 Å². The zero-order valence-corrected chi connectivity index (χ0v) is 12.2. The number of halogens is 2. The summed E-state index contributed by atoms with van der Waals surface area (Å²) >= 11 is 0. The highest BCUT2D eigenvalue weighted by Gasteiger charge is 2.28. The Morgan fingerprint density at radius 1 is 1.33 bits per heavy atom. The number of carbonyl (C=O) groups is 1. The minimum atomic E-state index is -4.67. The quantitative estimate of drug-likeness (QED) is 0.769. The van der Waals surface area contributed by atoms with E-state index < -0.39 is 26.5 Å². The standard InChI is InChI=1S/C13H17F2NO4S/c1-9(6-7-12(17)18)8-16-10-4-2-3-5-11(10)21(19,20)13(14)15/h2-5,9,13,16H,6-8H2,1H3,(H,17,18). The number of carboxylic acid groups (broad SMARTS) is 1. The Morgan fingerprint density at radius 3 is 2.52 bits per heavy atom. The zero-order chi connectivity index (χ0) is 16.0. The molecule has 8 heteroatoms. The van der Waals surface area contributed by atoms with Crippen molar-refractivity contribution in [2.24, 2.45) is 5.92 Å². The highest BCUT2D eigenvalue weighted by molar-refractivity contribution is 7.91. The fourth-order valence-corrected chi connectivity index (χ4v) is 2.62. The van der Waals surface area contributed by atoms with Crippen LogP contribution in [0.4, 0.5) is 14.5 Å². The van der Waals surface area contributed by atoms with Gasteiger partial charge in [0.15, 0.2) is 0 Å². The van der Waals surface area contributed by atoms with E-state index in [1.807, 2.05) is 0 Å². The molecular weight excluding hydrogens is 304 g/mol. The molecule has 0 aliphatic heterocycles. The summed E-state index contributed by atoms with van der Waals surface area (Å²) in [7, 11) is -4.67. The molecule has 0 fully saturated rings. The van der Waals surface area contributed by atoms with Crippen LogP contribution in [-0.4, -0.2) is 31.8 Å². The van der Waals surface area contributed by atoms with Crippen LogP contribution in [0.15, 0.2) is 29.2 Å². The van der Waals surface area contributed by atoms with Gasteiger partial charge >= 0.3 is 11.7 Å². The maximum absolute atomic E-state index is 12.6. The van der Waals surface area contributed by atoms with Crippen LogP contribution < -0.4 is 5.32 Å². The smallest absolute Gasteiger partial charge is 0.341 e. The third-order valence-electron chi connectivity index (χ3n) is 2.92. The summed E-state index contributed by atoms with van der Waals surface area (Å²) in [4.78, 5) is 10.0. The predicted molar refractivity (Wildman–Crippen MR) is 74.2 cm³/mol. The number of alkyl halides is 2. The normalized spacial score (nSPS) is 13.1. The molecule has 2 N–H and O–H groups in total. The van der Waals surface area contributed by atoms with Gasteiger partial charge in [0.2, 0.25) is 9.84 Å². The molecule has 0 saturated carbocycles. The van der Waals surface area contributed by atoms with Crippen LogP contribution in [0.3, 0.4) is 0 Å². The molecule has 1 rings (SSSR count). The first-order chi connectivity index (χ1) is 9.75. The average Bonchev–Trinajstić information content (AvgIpc) is 2.42. The number of benzene rings is 1. The van der Waals surface area contributed by atoms with Gasteiger partial charge in [-0.15, -0.1) is 0 Å². The molecule has 1 atom stereocenters. The Balaban J connectivity index is 2.79. The van der Waals surface area contributed by atoms with Crippen molar-refractivity contribution in [3.05, 3.63) is 24.3 Å². The molecule has 1 aromatic rings. The van der Waals surface area contributed by atoms with E-state index in [-0.39, 0.29) is 18.0 Å². The van der Waals surface area contributed by atoms with Crippen molar-refractivity contribution >= 4 is 21.5 Å². The highest BCUT2D eigenvalue weighted by atomic mass is 32.2. The van der Waals surface area contributed by atoms with Crippen LogP contribution in [0.2, 0.25) is 0 Å². The van der Waals surface area contributed by atoms with Gasteiger partial charge in [-0.25, -0.2) is 8.42 Å². The molecule has 1 unspecified atom stereocenters. The molecule has 0 bridgehead atoms. The summed E-state index contributed by atoms with van der Waals surface area (Å²) in [5, 5.41) is 11.4. The number of anilines is 1. The molecule has 0 heterocycles. The van der Waals surface area contributed by atoms with Crippen molar-refractivity contribution in [1.29, 1.82) is 0 Å². The van der Waals surface area contributed by atoms with E-state index in [1.165, 1.54) is 18.2 Å². The number of aliphatic carboxylic acids is 1. The molecule has 1 aromatic carbocycles. The van der Waals surface area contributed by atoms with Crippen LogP contribution in [-0.2, 0) is 14.6 Å². The van der Waals surface area contributed by atoms with Gasteiger partial charge in [-0.2, -0.15) is 8.78 Å². The van der Waals surface area contributed by atoms with E-state index in [0.29, 0.717) is 13.0 Å². The van der Waals surface area contributed by atoms with E-state index in [1.54, 1.807) is 6.92 Å². The van der Waals surface area contributed by atoms with E-state index in [2.05, 4.69) is 5.32 Å². The van der Waals surface area contributed by atoms with Gasteiger partial charge in [-0.1, -0.05) is 19.1 Å². The summed E-state index contributed by atoms with van der Waals surface area (Å²) < 4.78 is 48.3. The van der Waals surface area contributed by atoms with Crippen molar-refractivity contribution < 1.29 is 27.1 Å². The largest absolute Gasteiger partial charge is 0.481 e. The number of rotatable bonds is 8. The third-order valence-corrected chi connectivity index (χ3v) is 4.36. The summed E-state index contributed by atoms with van der Waals surface area (Å²) in [6.07, 6.45) is 0.409. The van der Waals surface area contributed by atoms with Gasteiger partial charge in [0, 0.05) is 13.0 Å². The van der Waals surface area contributed by atoms with E-state index in [9.17, 15) is 22.0 Å². The van der Waals surface area contributed by atoms with Crippen molar-refractivity contribution in [3.63, 3.8) is 0 Å². The maximum atomic E-state index is 12.6. The summed E-state index contributed by atoms with van der Waals surface area (Å²) in [5.74, 6) is -4.43. The topological polar surface area (TPSA) is 83.5 Å². The molecule has 0 radical (unpaired) electrons. The lowest BCUT2D eigenvalue weighted by molar-refractivity contribution is -0.137. The summed E-state index contributed by atoms with van der Waals surface area (Å²) in [6, 6.07) is 5.42. The lowest BCUT2D eigenvalue weighted by atomic mass is 10.1. The predicted octanol–water partition coefficient (Wildman–Crippen LogP) is 2.60. The van der Waals surface area contributed by atoms with Crippen molar-refractivity contribution in [3.8, 4) is 0 Å². The van der Waals surface area contributed by atoms with Crippen LogP contribution in [0, 0.1) is 5.92 Å². The van der Waals surface area contributed by atoms with Crippen LogP contribution in [0.5, 0.6) is 0 Å². The van der Waals surface area contributed by atoms with Gasteiger partial charge in [-0.05, 0) is 24.5 Å². The fourth-order valence-electron chi connectivity index (χ4n) is 1.71. The first-order valence-electron chi connectivity index (χ1n) is 6.32. The van der Waals surface area contributed by atoms with E-state index in [0.717, 1.165) is 6.07 Å². The molecular formula is C13H17F2NO4S. The van der Waals surface area contributed by atoms with E-state index in [4.69, 9.17) is 5.11 Å². The van der Waals surface area contributed by atoms with Crippen molar-refractivity contribution in [2.45, 2.75) is 30.4 Å². The number of hydrogen-bond acceptors (Lipinski definition) is 4. The molecule has 0 aliphatic rings. The Kier molecular flexibility index (Phi) is 6.07. The molecule has 5 nitrogen and oxygen atoms in total. The number of para-hydroxylation sites is 1. The first-order valence-corrected chi connectivity index (χ1v) is 7.86. The summed E-state index contributed by atoms with van der Waals surface area (Å²) in [5.41, 5.74) is 0.0972. The van der Waals surface area contributed by atoms with Crippen LogP contribution in [0.25, 0.3) is 0 Å². The minimum Gasteiger partial charge on any atom is -0.481 e. The van der Waals surface area contributed by atoms with Gasteiger partial charge in [-0.3, -0.25) is 4.79 Å². The number of sulfone groups is 1. The Morgan fingerprint density at radius 2 is 1.95 bits per heavy atom. The Hall–Kier alpha value is -1.70. The lowest BCUT2D eigenvalue weighted by Crippen LogP contribution is -2.17. The first kappa shape index (κ1) is 17.4. The molecule has 0 amide bonds. The minimum absolute atomic E-state index is 0.000172. The molecule has 118 valence electrons. The van der Waals surface area contributed by atoms with Gasteiger partial charge in [0.1, 0.15) is 0 Å². The molecule has 0 saturated heterocycles. The number of hydrogen-bond donors (Lipinski definition) is 2.